The molecule has 0 saturated heterocycles. The SMILES string of the molecule is CCn1nc(C)cc1CC(=O)c1ccncc1. The third kappa shape index (κ3) is 2.58. The van der Waals surface area contributed by atoms with Crippen molar-refractivity contribution >= 4 is 5.78 Å². The fourth-order valence-electron chi connectivity index (χ4n) is 1.82. The van der Waals surface area contributed by atoms with E-state index in [-0.39, 0.29) is 5.78 Å². The first-order valence-corrected chi connectivity index (χ1v) is 5.67. The third-order valence-electron chi connectivity index (χ3n) is 2.63. The molecule has 2 rings (SSSR count). The first-order valence-electron chi connectivity index (χ1n) is 5.67. The molecule has 4 heteroatoms. The minimum atomic E-state index is 0.0991. The predicted molar refractivity (Wildman–Crippen MR) is 64.9 cm³/mol. The quantitative estimate of drug-likeness (QED) is 0.754. The highest BCUT2D eigenvalue weighted by Gasteiger charge is 2.11. The number of carbonyl (C=O) groups is 1. The number of ketones is 1. The Morgan fingerprint density at radius 1 is 1.35 bits per heavy atom. The molecule has 2 aromatic heterocycles. The molecule has 0 aromatic carbocycles. The van der Waals surface area contributed by atoms with Crippen molar-refractivity contribution in [1.82, 2.24) is 14.8 Å². The molecule has 0 radical (unpaired) electrons. The first-order chi connectivity index (χ1) is 8.20. The van der Waals surface area contributed by atoms with Crippen molar-refractivity contribution in [1.29, 1.82) is 0 Å². The molecule has 0 N–H and O–H groups in total. The highest BCUT2D eigenvalue weighted by molar-refractivity contribution is 5.97. The number of aromatic nitrogens is 3. The normalized spacial score (nSPS) is 10.5. The van der Waals surface area contributed by atoms with Crippen molar-refractivity contribution in [3.63, 3.8) is 0 Å². The zero-order valence-electron chi connectivity index (χ0n) is 10.1. The number of hydrogen-bond donors (Lipinski definition) is 0. The van der Waals surface area contributed by atoms with Gasteiger partial charge in [0.1, 0.15) is 0 Å². The molecule has 17 heavy (non-hydrogen) atoms. The van der Waals surface area contributed by atoms with Crippen LogP contribution < -0.4 is 0 Å². The molecule has 0 unspecified atom stereocenters. The van der Waals surface area contributed by atoms with E-state index in [0.717, 1.165) is 17.9 Å². The number of Topliss-reactive ketones (excluding diaryl/α,β-unsaturated/α-hetero) is 1. The molecular weight excluding hydrogens is 214 g/mol. The van der Waals surface area contributed by atoms with Gasteiger partial charge in [0.2, 0.25) is 0 Å². The van der Waals surface area contributed by atoms with Gasteiger partial charge in [-0.1, -0.05) is 0 Å². The molecule has 0 bridgehead atoms. The van der Waals surface area contributed by atoms with E-state index in [2.05, 4.69) is 10.1 Å². The number of rotatable bonds is 4. The summed E-state index contributed by atoms with van der Waals surface area (Å²) in [6, 6.07) is 5.44. The van der Waals surface area contributed by atoms with Crippen LogP contribution in [0, 0.1) is 6.92 Å². The molecule has 4 nitrogen and oxygen atoms in total. The van der Waals surface area contributed by atoms with Crippen LogP contribution in [0.15, 0.2) is 30.6 Å². The lowest BCUT2D eigenvalue weighted by molar-refractivity contribution is 0.0990. The van der Waals surface area contributed by atoms with Gasteiger partial charge in [-0.2, -0.15) is 5.10 Å². The van der Waals surface area contributed by atoms with Gasteiger partial charge < -0.3 is 0 Å². The van der Waals surface area contributed by atoms with Gasteiger partial charge in [-0.15, -0.1) is 0 Å². The van der Waals surface area contributed by atoms with Gasteiger partial charge in [0.05, 0.1) is 12.1 Å². The van der Waals surface area contributed by atoms with E-state index < -0.39 is 0 Å². The number of carbonyl (C=O) groups excluding carboxylic acids is 1. The summed E-state index contributed by atoms with van der Waals surface area (Å²) >= 11 is 0. The Morgan fingerprint density at radius 2 is 2.06 bits per heavy atom. The van der Waals surface area contributed by atoms with Crippen LogP contribution in [0.4, 0.5) is 0 Å². The Labute approximate surface area is 100 Å². The molecule has 2 aromatic rings. The summed E-state index contributed by atoms with van der Waals surface area (Å²) in [4.78, 5) is 15.9. The van der Waals surface area contributed by atoms with Gasteiger partial charge >= 0.3 is 0 Å². The maximum Gasteiger partial charge on any atom is 0.168 e. The van der Waals surface area contributed by atoms with Gasteiger partial charge in [-0.3, -0.25) is 14.5 Å². The second-order valence-electron chi connectivity index (χ2n) is 3.93. The molecule has 88 valence electrons. The molecule has 0 fully saturated rings. The summed E-state index contributed by atoms with van der Waals surface area (Å²) in [5.74, 6) is 0.0991. The van der Waals surface area contributed by atoms with Crippen LogP contribution in [-0.4, -0.2) is 20.5 Å². The zero-order chi connectivity index (χ0) is 12.3. The van der Waals surface area contributed by atoms with Crippen molar-refractivity contribution in [3.05, 3.63) is 47.5 Å². The van der Waals surface area contributed by atoms with Gasteiger partial charge in [0.25, 0.3) is 0 Å². The van der Waals surface area contributed by atoms with E-state index >= 15 is 0 Å². The monoisotopic (exact) mass is 229 g/mol. The van der Waals surface area contributed by atoms with Crippen LogP contribution >= 0.6 is 0 Å². The first kappa shape index (κ1) is 11.5. The maximum atomic E-state index is 12.0. The average Bonchev–Trinajstić information content (AvgIpc) is 2.70. The number of nitrogens with zero attached hydrogens (tertiary/aromatic N) is 3. The minimum absolute atomic E-state index is 0.0991. The van der Waals surface area contributed by atoms with E-state index in [9.17, 15) is 4.79 Å². The summed E-state index contributed by atoms with van der Waals surface area (Å²) in [6.45, 7) is 4.74. The topological polar surface area (TPSA) is 47.8 Å². The molecule has 0 aliphatic rings. The Balaban J connectivity index is 2.18. The van der Waals surface area contributed by atoms with Gasteiger partial charge in [-0.05, 0) is 32.0 Å². The van der Waals surface area contributed by atoms with Crippen LogP contribution in [0.2, 0.25) is 0 Å². The molecule has 0 atom stereocenters. The maximum absolute atomic E-state index is 12.0. The second-order valence-corrected chi connectivity index (χ2v) is 3.93. The van der Waals surface area contributed by atoms with E-state index in [1.54, 1.807) is 24.5 Å². The molecule has 0 aliphatic carbocycles. The fraction of sp³-hybridized carbons (Fsp3) is 0.308. The highest BCUT2D eigenvalue weighted by atomic mass is 16.1. The van der Waals surface area contributed by atoms with Gasteiger partial charge in [0.15, 0.2) is 5.78 Å². The van der Waals surface area contributed by atoms with Crippen molar-refractivity contribution in [3.8, 4) is 0 Å². The van der Waals surface area contributed by atoms with Crippen LogP contribution in [0.1, 0.15) is 28.7 Å². The van der Waals surface area contributed by atoms with Crippen LogP contribution in [0.5, 0.6) is 0 Å². The standard InChI is InChI=1S/C13H15N3O/c1-3-16-12(8-10(2)15-16)9-13(17)11-4-6-14-7-5-11/h4-8H,3,9H2,1-2H3. The second kappa shape index (κ2) is 4.91. The van der Waals surface area contributed by atoms with Gasteiger partial charge in [0, 0.05) is 30.2 Å². The van der Waals surface area contributed by atoms with Crippen LogP contribution in [-0.2, 0) is 13.0 Å². The Bertz CT molecular complexity index is 517. The van der Waals surface area contributed by atoms with E-state index in [0.29, 0.717) is 12.0 Å². The number of hydrogen-bond acceptors (Lipinski definition) is 3. The molecule has 0 aliphatic heterocycles. The summed E-state index contributed by atoms with van der Waals surface area (Å²) in [5.41, 5.74) is 2.61. The lowest BCUT2D eigenvalue weighted by atomic mass is 10.1. The lowest BCUT2D eigenvalue weighted by Crippen LogP contribution is -2.09. The van der Waals surface area contributed by atoms with Crippen molar-refractivity contribution in [2.75, 3.05) is 0 Å². The average molecular weight is 229 g/mol. The van der Waals surface area contributed by atoms with Crippen molar-refractivity contribution in [2.24, 2.45) is 0 Å². The lowest BCUT2D eigenvalue weighted by Gasteiger charge is -2.03. The van der Waals surface area contributed by atoms with Crippen LogP contribution in [0.3, 0.4) is 0 Å². The van der Waals surface area contributed by atoms with Crippen molar-refractivity contribution in [2.45, 2.75) is 26.8 Å². The Kier molecular flexibility index (Phi) is 3.32. The zero-order valence-corrected chi connectivity index (χ0v) is 10.1. The molecule has 0 spiro atoms. The van der Waals surface area contributed by atoms with Gasteiger partial charge in [-0.25, -0.2) is 0 Å². The molecule has 2 heterocycles. The van der Waals surface area contributed by atoms with E-state index in [4.69, 9.17) is 0 Å². The van der Waals surface area contributed by atoms with E-state index in [1.807, 2.05) is 24.6 Å². The summed E-state index contributed by atoms with van der Waals surface area (Å²) in [7, 11) is 0. The molecular formula is C13H15N3O. The summed E-state index contributed by atoms with van der Waals surface area (Å²) in [6.07, 6.45) is 3.66. The minimum Gasteiger partial charge on any atom is -0.294 e. The fourth-order valence-corrected chi connectivity index (χ4v) is 1.82. The smallest absolute Gasteiger partial charge is 0.168 e. The Hall–Kier alpha value is -1.97. The number of aryl methyl sites for hydroxylation is 2. The number of pyridine rings is 1. The Morgan fingerprint density at radius 3 is 2.71 bits per heavy atom. The van der Waals surface area contributed by atoms with Crippen molar-refractivity contribution < 1.29 is 4.79 Å². The summed E-state index contributed by atoms with van der Waals surface area (Å²) in [5, 5.41) is 4.33. The van der Waals surface area contributed by atoms with Crippen LogP contribution in [0.25, 0.3) is 0 Å². The molecule has 0 amide bonds. The summed E-state index contributed by atoms with van der Waals surface area (Å²) < 4.78 is 1.87. The third-order valence-corrected chi connectivity index (χ3v) is 2.63. The predicted octanol–water partition coefficient (Wildman–Crippen LogP) is 2.03. The van der Waals surface area contributed by atoms with E-state index in [1.165, 1.54) is 0 Å². The molecule has 0 saturated carbocycles. The largest absolute Gasteiger partial charge is 0.294 e. The highest BCUT2D eigenvalue weighted by Crippen LogP contribution is 2.09.